The van der Waals surface area contributed by atoms with Crippen molar-refractivity contribution in [1.82, 2.24) is 34.8 Å². The number of nitrogens with zero attached hydrogens (tertiary/aromatic N) is 7. The van der Waals surface area contributed by atoms with Gasteiger partial charge >= 0.3 is 0 Å². The summed E-state index contributed by atoms with van der Waals surface area (Å²) in [7, 11) is 5.14. The molecule has 2 amide bonds. The van der Waals surface area contributed by atoms with Crippen LogP contribution in [-0.2, 0) is 26.6 Å². The molecule has 3 heterocycles. The van der Waals surface area contributed by atoms with Gasteiger partial charge in [-0.2, -0.15) is 0 Å². The highest BCUT2D eigenvalue weighted by Gasteiger charge is 2.32. The van der Waals surface area contributed by atoms with Crippen molar-refractivity contribution in [2.75, 3.05) is 19.0 Å². The van der Waals surface area contributed by atoms with E-state index in [1.54, 1.807) is 72.3 Å². The quantitative estimate of drug-likeness (QED) is 0.364. The van der Waals surface area contributed by atoms with Gasteiger partial charge in [-0.25, -0.2) is 9.55 Å². The van der Waals surface area contributed by atoms with Crippen LogP contribution in [0.15, 0.2) is 53.5 Å². The molecule has 0 fully saturated rings. The monoisotopic (exact) mass is 594 g/mol. The lowest BCUT2D eigenvalue weighted by molar-refractivity contribution is 0.0653. The Bertz CT molecular complexity index is 1700. The highest BCUT2D eigenvalue weighted by Crippen LogP contribution is 2.28. The minimum absolute atomic E-state index is 0.146. The Morgan fingerprint density at radius 3 is 2.44 bits per heavy atom. The summed E-state index contributed by atoms with van der Waals surface area (Å²) >= 11 is 12.2. The Labute approximate surface area is 246 Å². The minimum Gasteiger partial charge on any atom is -0.355 e. The van der Waals surface area contributed by atoms with Crippen LogP contribution in [0.5, 0.6) is 0 Å². The molecule has 1 N–H and O–H groups in total. The highest BCUT2D eigenvalue weighted by atomic mass is 35.5. The Morgan fingerprint density at radius 1 is 1.10 bits per heavy atom. The van der Waals surface area contributed by atoms with E-state index in [0.29, 0.717) is 62.7 Å². The largest absolute Gasteiger partial charge is 0.355 e. The standard InChI is InChI=1S/C28H28Cl2N8O3/c1-16-11-21-24(15-37(16)26(40)18-7-10-22(29)23(30)12-18)32-28(35(3)13-19-14-36(4)34-33-19)38(27(21)41)20-8-5-17(6-9-20)25(39)31-2/h5-10,12,14,16H,11,13,15H2,1-4H3,(H,31,39)/t16-/m1/s1. The molecule has 0 radical (unpaired) electrons. The molecule has 1 aliphatic rings. The van der Waals surface area contributed by atoms with E-state index in [-0.39, 0.29) is 30.0 Å². The summed E-state index contributed by atoms with van der Waals surface area (Å²) in [5, 5.41) is 11.4. The smallest absolute Gasteiger partial charge is 0.263 e. The van der Waals surface area contributed by atoms with Crippen molar-refractivity contribution < 1.29 is 9.59 Å². The molecular weight excluding hydrogens is 567 g/mol. The maximum Gasteiger partial charge on any atom is 0.263 e. The van der Waals surface area contributed by atoms with Crippen LogP contribution in [0.3, 0.4) is 0 Å². The summed E-state index contributed by atoms with van der Waals surface area (Å²) < 4.78 is 3.13. The van der Waals surface area contributed by atoms with Crippen molar-refractivity contribution in [3.8, 4) is 5.69 Å². The average molecular weight is 595 g/mol. The molecule has 0 aliphatic carbocycles. The van der Waals surface area contributed by atoms with Crippen LogP contribution >= 0.6 is 23.2 Å². The Hall–Kier alpha value is -4.22. The first-order chi connectivity index (χ1) is 19.6. The summed E-state index contributed by atoms with van der Waals surface area (Å²) in [4.78, 5) is 48.1. The first-order valence-corrected chi connectivity index (χ1v) is 13.6. The number of aryl methyl sites for hydroxylation is 1. The summed E-state index contributed by atoms with van der Waals surface area (Å²) in [6.07, 6.45) is 2.10. The lowest BCUT2D eigenvalue weighted by Crippen LogP contribution is -2.46. The molecule has 2 aromatic carbocycles. The average Bonchev–Trinajstić information content (AvgIpc) is 3.37. The predicted octanol–water partition coefficient (Wildman–Crippen LogP) is 3.25. The van der Waals surface area contributed by atoms with Crippen LogP contribution < -0.4 is 15.8 Å². The van der Waals surface area contributed by atoms with E-state index >= 15 is 0 Å². The topological polar surface area (TPSA) is 118 Å². The van der Waals surface area contributed by atoms with Gasteiger partial charge in [0.2, 0.25) is 5.95 Å². The molecule has 41 heavy (non-hydrogen) atoms. The third-order valence-corrected chi connectivity index (χ3v) is 7.77. The summed E-state index contributed by atoms with van der Waals surface area (Å²) in [5.41, 5.74) is 2.92. The molecule has 1 aliphatic heterocycles. The molecule has 13 heteroatoms. The van der Waals surface area contributed by atoms with Crippen LogP contribution in [0, 0.1) is 0 Å². The number of halogens is 2. The lowest BCUT2D eigenvalue weighted by atomic mass is 9.98. The second-order valence-corrected chi connectivity index (χ2v) is 10.8. The van der Waals surface area contributed by atoms with Crippen molar-refractivity contribution in [2.24, 2.45) is 7.05 Å². The molecule has 0 unspecified atom stereocenters. The van der Waals surface area contributed by atoms with Crippen molar-refractivity contribution in [3.63, 3.8) is 0 Å². The number of rotatable bonds is 6. The van der Waals surface area contributed by atoms with E-state index in [9.17, 15) is 14.4 Å². The van der Waals surface area contributed by atoms with Crippen LogP contribution in [-0.4, -0.2) is 61.4 Å². The molecule has 0 bridgehead atoms. The fourth-order valence-electron chi connectivity index (χ4n) is 4.89. The Balaban J connectivity index is 1.58. The van der Waals surface area contributed by atoms with E-state index in [0.717, 1.165) is 0 Å². The zero-order valence-corrected chi connectivity index (χ0v) is 24.4. The first-order valence-electron chi connectivity index (χ1n) is 12.9. The summed E-state index contributed by atoms with van der Waals surface area (Å²) in [6, 6.07) is 11.2. The van der Waals surface area contributed by atoms with E-state index in [1.807, 2.05) is 18.9 Å². The van der Waals surface area contributed by atoms with Crippen molar-refractivity contribution in [3.05, 3.63) is 97.1 Å². The number of aromatic nitrogens is 5. The van der Waals surface area contributed by atoms with Gasteiger partial charge < -0.3 is 15.1 Å². The number of anilines is 1. The van der Waals surface area contributed by atoms with Gasteiger partial charge in [0.05, 0.1) is 34.5 Å². The molecule has 1 atom stereocenters. The van der Waals surface area contributed by atoms with Gasteiger partial charge in [-0.15, -0.1) is 5.10 Å². The van der Waals surface area contributed by atoms with E-state index in [2.05, 4.69) is 15.6 Å². The van der Waals surface area contributed by atoms with Crippen molar-refractivity contribution >= 4 is 41.0 Å². The highest BCUT2D eigenvalue weighted by molar-refractivity contribution is 6.42. The van der Waals surface area contributed by atoms with Gasteiger partial charge in [-0.05, 0) is 55.8 Å². The second-order valence-electron chi connectivity index (χ2n) is 9.96. The molecule has 4 aromatic rings. The SMILES string of the molecule is CNC(=O)c1ccc(-n2c(N(C)Cc3cn(C)nn3)nc3c(c2=O)C[C@@H](C)N(C(=O)c2ccc(Cl)c(Cl)c2)C3)cc1. The number of hydrogen-bond donors (Lipinski definition) is 1. The fourth-order valence-corrected chi connectivity index (χ4v) is 5.19. The molecular formula is C28H28Cl2N8O3. The fraction of sp³-hybridized carbons (Fsp3) is 0.286. The number of nitrogens with one attached hydrogen (secondary N) is 1. The van der Waals surface area contributed by atoms with E-state index < -0.39 is 0 Å². The van der Waals surface area contributed by atoms with Crippen LogP contribution in [0.2, 0.25) is 10.0 Å². The van der Waals surface area contributed by atoms with Gasteiger partial charge in [-0.1, -0.05) is 28.4 Å². The molecule has 11 nitrogen and oxygen atoms in total. The minimum atomic E-state index is -0.272. The van der Waals surface area contributed by atoms with Crippen LogP contribution in [0.1, 0.15) is 44.6 Å². The van der Waals surface area contributed by atoms with Gasteiger partial charge in [0.25, 0.3) is 17.4 Å². The van der Waals surface area contributed by atoms with Gasteiger partial charge in [0.15, 0.2) is 0 Å². The predicted molar refractivity (Wildman–Crippen MR) is 156 cm³/mol. The second kappa shape index (κ2) is 11.3. The Morgan fingerprint density at radius 2 is 1.80 bits per heavy atom. The maximum atomic E-state index is 14.1. The van der Waals surface area contributed by atoms with Crippen LogP contribution in [0.4, 0.5) is 5.95 Å². The van der Waals surface area contributed by atoms with Gasteiger partial charge in [0, 0.05) is 50.1 Å². The number of carbonyl (C=O) groups excluding carboxylic acids is 2. The summed E-state index contributed by atoms with van der Waals surface area (Å²) in [6.45, 7) is 2.37. The molecule has 5 rings (SSSR count). The third kappa shape index (κ3) is 5.55. The lowest BCUT2D eigenvalue weighted by Gasteiger charge is -2.35. The van der Waals surface area contributed by atoms with Crippen molar-refractivity contribution in [2.45, 2.75) is 32.5 Å². The number of fused-ring (bicyclic) bond motifs is 1. The molecule has 2 aromatic heterocycles. The van der Waals surface area contributed by atoms with E-state index in [4.69, 9.17) is 28.2 Å². The molecule has 0 saturated heterocycles. The summed E-state index contributed by atoms with van der Waals surface area (Å²) in [5.74, 6) is -0.0939. The van der Waals surface area contributed by atoms with Crippen molar-refractivity contribution in [1.29, 1.82) is 0 Å². The van der Waals surface area contributed by atoms with E-state index in [1.165, 1.54) is 4.57 Å². The number of carbonyl (C=O) groups is 2. The Kier molecular flexibility index (Phi) is 7.83. The molecule has 0 saturated carbocycles. The normalized spacial score (nSPS) is 14.5. The molecule has 212 valence electrons. The molecule has 0 spiro atoms. The number of amides is 2. The number of benzene rings is 2. The third-order valence-electron chi connectivity index (χ3n) is 7.03. The van der Waals surface area contributed by atoms with Gasteiger partial charge in [0.1, 0.15) is 5.69 Å². The first kappa shape index (κ1) is 28.3. The number of hydrogen-bond acceptors (Lipinski definition) is 7. The zero-order valence-electron chi connectivity index (χ0n) is 22.9. The maximum absolute atomic E-state index is 14.1. The van der Waals surface area contributed by atoms with Gasteiger partial charge in [-0.3, -0.25) is 19.1 Å². The zero-order chi connectivity index (χ0) is 29.4. The van der Waals surface area contributed by atoms with Crippen LogP contribution in [0.25, 0.3) is 5.69 Å².